The number of hydrogen-bond acceptors (Lipinski definition) is 9. The number of allylic oxidation sites excluding steroid dienone is 2. The van der Waals surface area contributed by atoms with Crippen molar-refractivity contribution >= 4 is 23.9 Å². The van der Waals surface area contributed by atoms with Gasteiger partial charge in [0.2, 0.25) is 23.1 Å². The molecule has 0 saturated carbocycles. The lowest BCUT2D eigenvalue weighted by atomic mass is 9.74. The highest BCUT2D eigenvalue weighted by Crippen LogP contribution is 2.55. The molecule has 12 heteroatoms. The quantitative estimate of drug-likeness (QED) is 0.0782. The molecule has 0 spiro atoms. The maximum atomic E-state index is 13.1. The molecule has 0 aliphatic carbocycles. The number of aryl methyl sites for hydroxylation is 1. The SMILES string of the molecule is CC(C=CCCC(=O)O[C@@H]1[C@@H](O)C2(CCCCC(C)Cc3ccccc3)OC(C(=O)O)C(O)(C(=O)O)C1(C(=O)O)O2)CCCc1ccccc1. The Morgan fingerprint density at radius 3 is 2.12 bits per heavy atom. The predicted molar refractivity (Wildman–Crippen MR) is 180 cm³/mol. The number of ether oxygens (including phenoxy) is 3. The van der Waals surface area contributed by atoms with Crippen LogP contribution in [0.4, 0.5) is 0 Å². The van der Waals surface area contributed by atoms with Crippen molar-refractivity contribution in [2.75, 3.05) is 0 Å². The van der Waals surface area contributed by atoms with Gasteiger partial charge in [-0.25, -0.2) is 14.4 Å². The van der Waals surface area contributed by atoms with E-state index in [4.69, 9.17) is 14.2 Å². The van der Waals surface area contributed by atoms with E-state index < -0.39 is 59.2 Å². The summed E-state index contributed by atoms with van der Waals surface area (Å²) in [6, 6.07) is 20.0. The molecule has 2 aromatic carbocycles. The van der Waals surface area contributed by atoms with Crippen molar-refractivity contribution in [3.8, 4) is 0 Å². The van der Waals surface area contributed by atoms with Gasteiger partial charge in [-0.1, -0.05) is 99.5 Å². The van der Waals surface area contributed by atoms with Crippen molar-refractivity contribution in [3.63, 3.8) is 0 Å². The zero-order valence-electron chi connectivity index (χ0n) is 28.5. The summed E-state index contributed by atoms with van der Waals surface area (Å²) in [5.74, 6) is -9.36. The van der Waals surface area contributed by atoms with Crippen LogP contribution in [-0.4, -0.2) is 84.7 Å². The summed E-state index contributed by atoms with van der Waals surface area (Å²) in [4.78, 5) is 50.7. The normalized spacial score (nSPS) is 28.6. The van der Waals surface area contributed by atoms with Gasteiger partial charge in [0.05, 0.1) is 0 Å². The van der Waals surface area contributed by atoms with Crippen molar-refractivity contribution in [1.29, 1.82) is 0 Å². The van der Waals surface area contributed by atoms with Crippen LogP contribution >= 0.6 is 0 Å². The lowest BCUT2D eigenvalue weighted by Gasteiger charge is -2.48. The van der Waals surface area contributed by atoms with Crippen molar-refractivity contribution in [2.45, 2.75) is 113 Å². The molecule has 2 saturated heterocycles. The molecule has 0 amide bonds. The van der Waals surface area contributed by atoms with Crippen LogP contribution in [0.5, 0.6) is 0 Å². The minimum absolute atomic E-state index is 0.190. The fraction of sp³-hybridized carbons (Fsp3) is 0.526. The van der Waals surface area contributed by atoms with Crippen LogP contribution in [0.25, 0.3) is 0 Å². The number of carboxylic acids is 3. The predicted octanol–water partition coefficient (Wildman–Crippen LogP) is 4.54. The number of hydrogen-bond donors (Lipinski definition) is 5. The summed E-state index contributed by atoms with van der Waals surface area (Å²) >= 11 is 0. The van der Waals surface area contributed by atoms with E-state index in [1.54, 1.807) is 6.08 Å². The van der Waals surface area contributed by atoms with Gasteiger partial charge < -0.3 is 39.7 Å². The van der Waals surface area contributed by atoms with Crippen LogP contribution in [0.15, 0.2) is 72.8 Å². The Hall–Kier alpha value is -4.10. The molecule has 5 N–H and O–H groups in total. The molecule has 4 rings (SSSR count). The van der Waals surface area contributed by atoms with E-state index >= 15 is 0 Å². The number of carboxylic acid groups (broad SMARTS) is 3. The number of esters is 1. The number of fused-ring (bicyclic) bond motifs is 2. The van der Waals surface area contributed by atoms with Crippen LogP contribution in [0.3, 0.4) is 0 Å². The Kier molecular flexibility index (Phi) is 13.0. The molecule has 2 fully saturated rings. The van der Waals surface area contributed by atoms with Gasteiger partial charge in [-0.3, -0.25) is 4.79 Å². The summed E-state index contributed by atoms with van der Waals surface area (Å²) < 4.78 is 16.6. The lowest BCUT2D eigenvalue weighted by molar-refractivity contribution is -0.374. The standard InChI is InChI=1S/C38H48O12/c1-25(16-13-21-27-17-5-3-6-18-27)14-9-10-22-29(39)48-31-30(40)36(23-12-11-15-26(2)24-28-19-7-4-8-20-28)49-32(33(41)42)37(47,34(43)44)38(31,50-36)35(45)46/h3-9,14,17-20,25-26,30-32,40,47H,10-13,15-16,21-24H2,1-2H3,(H,41,42)(H,43,44)(H,45,46)/t25?,26?,30-,31-,32?,36?,37?,38?/m1/s1. The van der Waals surface area contributed by atoms with E-state index in [0.717, 1.165) is 31.2 Å². The summed E-state index contributed by atoms with van der Waals surface area (Å²) in [5, 5.41) is 53.3. The molecular weight excluding hydrogens is 648 g/mol. The first-order valence-electron chi connectivity index (χ1n) is 17.2. The van der Waals surface area contributed by atoms with Gasteiger partial charge in [0, 0.05) is 12.8 Å². The molecule has 2 aliphatic heterocycles. The molecule has 0 aromatic heterocycles. The average Bonchev–Trinajstić information content (AvgIpc) is 3.29. The average molecular weight is 697 g/mol. The second-order valence-corrected chi connectivity index (χ2v) is 13.6. The van der Waals surface area contributed by atoms with Crippen LogP contribution < -0.4 is 0 Å². The van der Waals surface area contributed by atoms with Gasteiger partial charge in [0.1, 0.15) is 6.10 Å². The highest BCUT2D eigenvalue weighted by molar-refractivity contribution is 5.98. The molecule has 0 radical (unpaired) electrons. The fourth-order valence-corrected chi connectivity index (χ4v) is 7.03. The smallest absolute Gasteiger partial charge is 0.344 e. The van der Waals surface area contributed by atoms with Gasteiger partial charge in [-0.05, 0) is 61.5 Å². The lowest BCUT2D eigenvalue weighted by Crippen LogP contribution is -2.78. The highest BCUT2D eigenvalue weighted by Gasteiger charge is 2.85. The van der Waals surface area contributed by atoms with E-state index in [0.29, 0.717) is 12.8 Å². The van der Waals surface area contributed by atoms with Crippen molar-refractivity contribution in [1.82, 2.24) is 0 Å². The van der Waals surface area contributed by atoms with Gasteiger partial charge in [0.15, 0.2) is 6.10 Å². The second kappa shape index (κ2) is 16.7. The summed E-state index contributed by atoms with van der Waals surface area (Å²) in [5.41, 5.74) is -4.78. The topological polar surface area (TPSA) is 197 Å². The molecule has 2 aromatic rings. The van der Waals surface area contributed by atoms with E-state index in [2.05, 4.69) is 19.1 Å². The third kappa shape index (κ3) is 8.26. The molecule has 2 bridgehead atoms. The maximum absolute atomic E-state index is 13.1. The third-order valence-corrected chi connectivity index (χ3v) is 9.71. The minimum atomic E-state index is -3.78. The van der Waals surface area contributed by atoms with Gasteiger partial charge in [-0.2, -0.15) is 0 Å². The molecule has 2 aliphatic rings. The van der Waals surface area contributed by atoms with E-state index in [1.165, 1.54) is 5.56 Å². The first-order chi connectivity index (χ1) is 23.8. The molecule has 272 valence electrons. The largest absolute Gasteiger partial charge is 0.479 e. The third-order valence-electron chi connectivity index (χ3n) is 9.71. The molecule has 6 unspecified atom stereocenters. The number of aliphatic carboxylic acids is 3. The van der Waals surface area contributed by atoms with Gasteiger partial charge in [-0.15, -0.1) is 0 Å². The highest BCUT2D eigenvalue weighted by atomic mass is 16.8. The van der Waals surface area contributed by atoms with Crippen LogP contribution in [0.1, 0.15) is 76.3 Å². The number of carbonyl (C=O) groups is 4. The Morgan fingerprint density at radius 1 is 0.880 bits per heavy atom. The zero-order valence-corrected chi connectivity index (χ0v) is 28.5. The first kappa shape index (κ1) is 38.7. The van der Waals surface area contributed by atoms with Crippen molar-refractivity contribution < 1.29 is 58.9 Å². The number of carbonyl (C=O) groups excluding carboxylic acids is 1. The molecule has 12 nitrogen and oxygen atoms in total. The number of aliphatic hydroxyl groups is 2. The Labute approximate surface area is 291 Å². The Bertz CT molecular complexity index is 1500. The number of rotatable bonds is 19. The summed E-state index contributed by atoms with van der Waals surface area (Å²) in [6.45, 7) is 4.10. The number of aliphatic hydroxyl groups excluding tert-OH is 1. The van der Waals surface area contributed by atoms with E-state index in [1.807, 2.05) is 61.5 Å². The summed E-state index contributed by atoms with van der Waals surface area (Å²) in [7, 11) is 0. The molecular formula is C38H48O12. The summed E-state index contributed by atoms with van der Waals surface area (Å²) in [6.07, 6.45) is 1.37. The monoisotopic (exact) mass is 696 g/mol. The van der Waals surface area contributed by atoms with E-state index in [-0.39, 0.29) is 37.5 Å². The van der Waals surface area contributed by atoms with Crippen LogP contribution in [-0.2, 0) is 46.2 Å². The fourth-order valence-electron chi connectivity index (χ4n) is 7.03. The van der Waals surface area contributed by atoms with Crippen LogP contribution in [0, 0.1) is 11.8 Å². The zero-order chi connectivity index (χ0) is 36.5. The molecule has 2 heterocycles. The number of benzene rings is 2. The van der Waals surface area contributed by atoms with E-state index in [9.17, 15) is 44.7 Å². The van der Waals surface area contributed by atoms with Gasteiger partial charge >= 0.3 is 23.9 Å². The van der Waals surface area contributed by atoms with Crippen LogP contribution in [0.2, 0.25) is 0 Å². The molecule has 8 atom stereocenters. The second-order valence-electron chi connectivity index (χ2n) is 13.6. The van der Waals surface area contributed by atoms with Crippen molar-refractivity contribution in [3.05, 3.63) is 83.9 Å². The maximum Gasteiger partial charge on any atom is 0.344 e. The minimum Gasteiger partial charge on any atom is -0.479 e. The van der Waals surface area contributed by atoms with Crippen molar-refractivity contribution in [2.24, 2.45) is 11.8 Å². The Morgan fingerprint density at radius 2 is 1.52 bits per heavy atom. The van der Waals surface area contributed by atoms with Gasteiger partial charge in [0.25, 0.3) is 0 Å². The number of unbranched alkanes of at least 4 members (excludes halogenated alkanes) is 1. The molecule has 50 heavy (non-hydrogen) atoms. The first-order valence-corrected chi connectivity index (χ1v) is 17.2. The Balaban J connectivity index is 1.44.